The van der Waals surface area contributed by atoms with Gasteiger partial charge in [-0.05, 0) is 44.0 Å². The minimum atomic E-state index is 0.0288. The Morgan fingerprint density at radius 2 is 2.00 bits per heavy atom. The fraction of sp³-hybridized carbons (Fsp3) is 0.571. The van der Waals surface area contributed by atoms with E-state index in [1.165, 1.54) is 0 Å². The van der Waals surface area contributed by atoms with Gasteiger partial charge in [0.1, 0.15) is 0 Å². The van der Waals surface area contributed by atoms with Crippen LogP contribution >= 0.6 is 0 Å². The molecule has 0 aliphatic heterocycles. The third-order valence-electron chi connectivity index (χ3n) is 2.88. The van der Waals surface area contributed by atoms with Crippen LogP contribution in [0.1, 0.15) is 37.8 Å². The highest BCUT2D eigenvalue weighted by Crippen LogP contribution is 2.30. The molecular formula is C14H24N2O2. The largest absolute Gasteiger partial charge is 0.493 e. The molecule has 102 valence electrons. The highest BCUT2D eigenvalue weighted by atomic mass is 16.5. The van der Waals surface area contributed by atoms with Crippen molar-refractivity contribution in [2.75, 3.05) is 20.3 Å². The molecule has 0 radical (unpaired) electrons. The Morgan fingerprint density at radius 3 is 2.61 bits per heavy atom. The number of unbranched alkanes of at least 4 members (excludes halogenated alkanes) is 1. The number of hydrogen-bond acceptors (Lipinski definition) is 4. The van der Waals surface area contributed by atoms with E-state index in [0.717, 1.165) is 42.9 Å². The molecule has 1 aromatic carbocycles. The predicted octanol–water partition coefficient (Wildman–Crippen LogP) is 2.22. The van der Waals surface area contributed by atoms with Gasteiger partial charge in [0, 0.05) is 6.04 Å². The summed E-state index contributed by atoms with van der Waals surface area (Å²) >= 11 is 0. The van der Waals surface area contributed by atoms with Crippen LogP contribution in [0.5, 0.6) is 11.5 Å². The molecule has 0 aromatic heterocycles. The molecule has 0 unspecified atom stereocenters. The minimum absolute atomic E-state index is 0.0288. The van der Waals surface area contributed by atoms with E-state index in [-0.39, 0.29) is 6.04 Å². The van der Waals surface area contributed by atoms with E-state index in [0.29, 0.717) is 6.61 Å². The standard InChI is InChI=1S/C14H24N2O2/c1-3-18-13-8-7-11(10-14(13)17-2)12(16)6-4-5-9-15/h7-8,10,12H,3-6,9,15-16H2,1-2H3/t12-/m0/s1. The van der Waals surface area contributed by atoms with Gasteiger partial charge in [-0.3, -0.25) is 0 Å². The number of hydrogen-bond donors (Lipinski definition) is 2. The lowest BCUT2D eigenvalue weighted by Crippen LogP contribution is -2.11. The number of methoxy groups -OCH3 is 1. The first-order chi connectivity index (χ1) is 8.72. The molecule has 1 atom stereocenters. The first-order valence-electron chi connectivity index (χ1n) is 6.49. The third-order valence-corrected chi connectivity index (χ3v) is 2.88. The second kappa shape index (κ2) is 7.95. The van der Waals surface area contributed by atoms with E-state index in [1.54, 1.807) is 7.11 Å². The highest BCUT2D eigenvalue weighted by molar-refractivity contribution is 5.43. The van der Waals surface area contributed by atoms with Gasteiger partial charge >= 0.3 is 0 Å². The van der Waals surface area contributed by atoms with Crippen LogP contribution in [0.25, 0.3) is 0 Å². The van der Waals surface area contributed by atoms with Crippen LogP contribution in [0.15, 0.2) is 18.2 Å². The zero-order valence-corrected chi connectivity index (χ0v) is 11.3. The van der Waals surface area contributed by atoms with Gasteiger partial charge in [-0.1, -0.05) is 12.5 Å². The van der Waals surface area contributed by atoms with Gasteiger partial charge in [-0.15, -0.1) is 0 Å². The van der Waals surface area contributed by atoms with Crippen molar-refractivity contribution < 1.29 is 9.47 Å². The van der Waals surface area contributed by atoms with E-state index in [2.05, 4.69) is 0 Å². The van der Waals surface area contributed by atoms with Crippen molar-refractivity contribution in [3.8, 4) is 11.5 Å². The third kappa shape index (κ3) is 4.20. The summed E-state index contributed by atoms with van der Waals surface area (Å²) in [4.78, 5) is 0. The Hall–Kier alpha value is -1.26. The fourth-order valence-corrected chi connectivity index (χ4v) is 1.86. The lowest BCUT2D eigenvalue weighted by Gasteiger charge is -2.15. The molecule has 1 aromatic rings. The summed E-state index contributed by atoms with van der Waals surface area (Å²) in [6.45, 7) is 3.30. The summed E-state index contributed by atoms with van der Waals surface area (Å²) < 4.78 is 10.8. The maximum atomic E-state index is 6.15. The van der Waals surface area contributed by atoms with Gasteiger partial charge < -0.3 is 20.9 Å². The van der Waals surface area contributed by atoms with Crippen molar-refractivity contribution in [1.29, 1.82) is 0 Å². The quantitative estimate of drug-likeness (QED) is 0.696. The number of rotatable bonds is 8. The van der Waals surface area contributed by atoms with Gasteiger partial charge in [0.2, 0.25) is 0 Å². The molecule has 0 saturated carbocycles. The average molecular weight is 252 g/mol. The first kappa shape index (κ1) is 14.8. The van der Waals surface area contributed by atoms with E-state index in [9.17, 15) is 0 Å². The monoisotopic (exact) mass is 252 g/mol. The van der Waals surface area contributed by atoms with Crippen molar-refractivity contribution in [2.24, 2.45) is 11.5 Å². The maximum absolute atomic E-state index is 6.15. The Bertz CT molecular complexity index is 356. The molecule has 0 amide bonds. The van der Waals surface area contributed by atoms with Crippen molar-refractivity contribution in [1.82, 2.24) is 0 Å². The van der Waals surface area contributed by atoms with Crippen molar-refractivity contribution in [2.45, 2.75) is 32.2 Å². The molecule has 0 heterocycles. The van der Waals surface area contributed by atoms with Crippen molar-refractivity contribution in [3.05, 3.63) is 23.8 Å². The van der Waals surface area contributed by atoms with E-state index >= 15 is 0 Å². The smallest absolute Gasteiger partial charge is 0.161 e. The zero-order valence-electron chi connectivity index (χ0n) is 11.3. The molecule has 0 saturated heterocycles. The average Bonchev–Trinajstić information content (AvgIpc) is 2.39. The van der Waals surface area contributed by atoms with Crippen LogP contribution in [-0.4, -0.2) is 20.3 Å². The van der Waals surface area contributed by atoms with Gasteiger partial charge in [0.25, 0.3) is 0 Å². The second-order valence-electron chi connectivity index (χ2n) is 4.23. The van der Waals surface area contributed by atoms with Crippen LogP contribution in [0.2, 0.25) is 0 Å². The van der Waals surface area contributed by atoms with E-state index < -0.39 is 0 Å². The summed E-state index contributed by atoms with van der Waals surface area (Å²) in [6.07, 6.45) is 3.00. The second-order valence-corrected chi connectivity index (χ2v) is 4.23. The Labute approximate surface area is 109 Å². The summed E-state index contributed by atoms with van der Waals surface area (Å²) in [5.74, 6) is 1.50. The predicted molar refractivity (Wildman–Crippen MR) is 74.0 cm³/mol. The summed E-state index contributed by atoms with van der Waals surface area (Å²) in [5.41, 5.74) is 12.7. The van der Waals surface area contributed by atoms with Gasteiger partial charge in [-0.2, -0.15) is 0 Å². The lowest BCUT2D eigenvalue weighted by molar-refractivity contribution is 0.310. The van der Waals surface area contributed by atoms with Crippen LogP contribution in [0, 0.1) is 0 Å². The number of nitrogens with two attached hydrogens (primary N) is 2. The fourth-order valence-electron chi connectivity index (χ4n) is 1.86. The highest BCUT2D eigenvalue weighted by Gasteiger charge is 2.10. The molecule has 1 rings (SSSR count). The van der Waals surface area contributed by atoms with Gasteiger partial charge in [-0.25, -0.2) is 0 Å². The number of benzene rings is 1. The Kier molecular flexibility index (Phi) is 6.54. The van der Waals surface area contributed by atoms with Crippen LogP contribution < -0.4 is 20.9 Å². The lowest BCUT2D eigenvalue weighted by atomic mass is 10.0. The molecular weight excluding hydrogens is 228 g/mol. The maximum Gasteiger partial charge on any atom is 0.161 e. The molecule has 18 heavy (non-hydrogen) atoms. The van der Waals surface area contributed by atoms with E-state index in [4.69, 9.17) is 20.9 Å². The van der Waals surface area contributed by atoms with Gasteiger partial charge in [0.05, 0.1) is 13.7 Å². The Morgan fingerprint density at radius 1 is 1.22 bits per heavy atom. The Balaban J connectivity index is 2.71. The molecule has 4 N–H and O–H groups in total. The molecule has 0 spiro atoms. The molecule has 0 bridgehead atoms. The molecule has 4 heteroatoms. The van der Waals surface area contributed by atoms with Crippen LogP contribution in [0.3, 0.4) is 0 Å². The van der Waals surface area contributed by atoms with E-state index in [1.807, 2.05) is 25.1 Å². The first-order valence-corrected chi connectivity index (χ1v) is 6.49. The van der Waals surface area contributed by atoms with Gasteiger partial charge in [0.15, 0.2) is 11.5 Å². The SMILES string of the molecule is CCOc1ccc([C@@H](N)CCCCN)cc1OC. The summed E-state index contributed by atoms with van der Waals surface area (Å²) in [5, 5.41) is 0. The normalized spacial score (nSPS) is 12.2. The van der Waals surface area contributed by atoms with Crippen molar-refractivity contribution >= 4 is 0 Å². The molecule has 0 fully saturated rings. The molecule has 4 nitrogen and oxygen atoms in total. The van der Waals surface area contributed by atoms with Crippen molar-refractivity contribution in [3.63, 3.8) is 0 Å². The summed E-state index contributed by atoms with van der Waals surface area (Å²) in [6, 6.07) is 5.90. The number of ether oxygens (including phenoxy) is 2. The molecule has 0 aliphatic rings. The molecule has 0 aliphatic carbocycles. The minimum Gasteiger partial charge on any atom is -0.493 e. The zero-order chi connectivity index (χ0) is 13.4. The summed E-state index contributed by atoms with van der Waals surface area (Å²) in [7, 11) is 1.64. The topological polar surface area (TPSA) is 70.5 Å². The van der Waals surface area contributed by atoms with Crippen LogP contribution in [-0.2, 0) is 0 Å². The van der Waals surface area contributed by atoms with Crippen LogP contribution in [0.4, 0.5) is 0 Å².